The molecule has 0 amide bonds. The number of benzene rings is 1. The van der Waals surface area contributed by atoms with Gasteiger partial charge in [-0.3, -0.25) is 0 Å². The predicted octanol–water partition coefficient (Wildman–Crippen LogP) is 4.94. The van der Waals surface area contributed by atoms with Crippen molar-refractivity contribution in [3.8, 4) is 5.75 Å². The van der Waals surface area contributed by atoms with Crippen molar-refractivity contribution in [1.82, 2.24) is 0 Å². The van der Waals surface area contributed by atoms with Gasteiger partial charge in [0.25, 0.3) is 0 Å². The number of methoxy groups -OCH3 is 1. The third-order valence-corrected chi connectivity index (χ3v) is 3.51. The summed E-state index contributed by atoms with van der Waals surface area (Å²) in [5, 5.41) is 0. The molecular weight excluding hydrogens is 208 g/mol. The van der Waals surface area contributed by atoms with Crippen molar-refractivity contribution in [2.75, 3.05) is 7.11 Å². The molecule has 0 aromatic heterocycles. The first-order valence-corrected chi connectivity index (χ1v) is 6.74. The molecule has 0 aliphatic rings. The zero-order valence-corrected chi connectivity index (χ0v) is 11.8. The van der Waals surface area contributed by atoms with Crippen LogP contribution in [0.2, 0.25) is 0 Å². The minimum atomic E-state index is 0.252. The van der Waals surface area contributed by atoms with E-state index < -0.39 is 0 Å². The lowest BCUT2D eigenvalue weighted by molar-refractivity contribution is 0.407. The molecule has 0 heterocycles. The van der Waals surface area contributed by atoms with Crippen LogP contribution in [0.1, 0.15) is 58.4 Å². The molecule has 0 saturated heterocycles. The van der Waals surface area contributed by atoms with Gasteiger partial charge in [0.15, 0.2) is 0 Å². The molecule has 1 aromatic carbocycles. The Kier molecular flexibility index (Phi) is 5.54. The van der Waals surface area contributed by atoms with E-state index in [0.29, 0.717) is 0 Å². The largest absolute Gasteiger partial charge is 0.497 e. The summed E-state index contributed by atoms with van der Waals surface area (Å²) in [7, 11) is 1.73. The van der Waals surface area contributed by atoms with E-state index in [4.69, 9.17) is 4.74 Å². The molecule has 0 saturated carbocycles. The molecule has 96 valence electrons. The molecule has 1 nitrogen and oxygen atoms in total. The fourth-order valence-corrected chi connectivity index (χ4v) is 2.18. The summed E-state index contributed by atoms with van der Waals surface area (Å²) in [5.41, 5.74) is 1.63. The smallest absolute Gasteiger partial charge is 0.119 e. The molecule has 0 N–H and O–H groups in total. The number of ether oxygens (including phenoxy) is 1. The van der Waals surface area contributed by atoms with Crippen molar-refractivity contribution in [3.63, 3.8) is 0 Å². The van der Waals surface area contributed by atoms with Crippen LogP contribution in [0.3, 0.4) is 0 Å². The molecule has 0 unspecified atom stereocenters. The van der Waals surface area contributed by atoms with Crippen LogP contribution in [-0.4, -0.2) is 7.11 Å². The van der Waals surface area contributed by atoms with Gasteiger partial charge in [-0.25, -0.2) is 0 Å². The Morgan fingerprint density at radius 1 is 1.12 bits per heavy atom. The molecule has 1 rings (SSSR count). The van der Waals surface area contributed by atoms with Gasteiger partial charge in [-0.1, -0.05) is 58.6 Å². The van der Waals surface area contributed by atoms with E-state index in [9.17, 15) is 0 Å². The zero-order valence-electron chi connectivity index (χ0n) is 11.8. The summed E-state index contributed by atoms with van der Waals surface area (Å²) < 4.78 is 5.29. The lowest BCUT2D eigenvalue weighted by atomic mass is 9.80. The highest BCUT2D eigenvalue weighted by atomic mass is 16.5. The minimum absolute atomic E-state index is 0.252. The van der Waals surface area contributed by atoms with Gasteiger partial charge >= 0.3 is 0 Å². The van der Waals surface area contributed by atoms with Crippen molar-refractivity contribution in [2.45, 2.75) is 58.3 Å². The maximum atomic E-state index is 5.29. The van der Waals surface area contributed by atoms with Crippen molar-refractivity contribution in [1.29, 1.82) is 0 Å². The Morgan fingerprint density at radius 3 is 2.53 bits per heavy atom. The van der Waals surface area contributed by atoms with E-state index in [0.717, 1.165) is 5.75 Å². The molecule has 1 heteroatoms. The summed E-state index contributed by atoms with van der Waals surface area (Å²) in [6, 6.07) is 8.47. The first-order chi connectivity index (χ1) is 8.10. The van der Waals surface area contributed by atoms with E-state index in [-0.39, 0.29) is 5.41 Å². The van der Waals surface area contributed by atoms with Crippen molar-refractivity contribution in [2.24, 2.45) is 0 Å². The first kappa shape index (κ1) is 14.1. The minimum Gasteiger partial charge on any atom is -0.497 e. The van der Waals surface area contributed by atoms with Gasteiger partial charge in [0.2, 0.25) is 0 Å². The molecule has 0 aliphatic heterocycles. The van der Waals surface area contributed by atoms with Gasteiger partial charge < -0.3 is 4.74 Å². The number of hydrogen-bond acceptors (Lipinski definition) is 1. The maximum absolute atomic E-state index is 5.29. The quantitative estimate of drug-likeness (QED) is 0.607. The van der Waals surface area contributed by atoms with E-state index in [1.807, 2.05) is 6.07 Å². The Labute approximate surface area is 106 Å². The van der Waals surface area contributed by atoms with Gasteiger partial charge in [-0.05, 0) is 29.5 Å². The van der Waals surface area contributed by atoms with Crippen molar-refractivity contribution < 1.29 is 4.74 Å². The van der Waals surface area contributed by atoms with Crippen molar-refractivity contribution in [3.05, 3.63) is 29.8 Å². The van der Waals surface area contributed by atoms with Crippen LogP contribution in [0.4, 0.5) is 0 Å². The van der Waals surface area contributed by atoms with Gasteiger partial charge in [-0.15, -0.1) is 0 Å². The lowest BCUT2D eigenvalue weighted by Crippen LogP contribution is -2.16. The van der Waals surface area contributed by atoms with Crippen molar-refractivity contribution >= 4 is 0 Å². The molecule has 0 fully saturated rings. The summed E-state index contributed by atoms with van der Waals surface area (Å²) in [6.45, 7) is 6.91. The Morgan fingerprint density at radius 2 is 1.88 bits per heavy atom. The highest BCUT2D eigenvalue weighted by molar-refractivity contribution is 5.32. The molecule has 0 aliphatic carbocycles. The average Bonchev–Trinajstić information content (AvgIpc) is 2.35. The molecule has 0 atom stereocenters. The SMILES string of the molecule is CCCCCCC(C)(C)c1cccc(OC)c1. The van der Waals surface area contributed by atoms with Crippen LogP contribution in [0.5, 0.6) is 5.75 Å². The number of hydrogen-bond donors (Lipinski definition) is 0. The van der Waals surface area contributed by atoms with Gasteiger partial charge in [0.1, 0.15) is 5.75 Å². The second kappa shape index (κ2) is 6.68. The molecular formula is C16H26O. The summed E-state index contributed by atoms with van der Waals surface area (Å²) in [5.74, 6) is 0.962. The normalized spacial score (nSPS) is 11.5. The third kappa shape index (κ3) is 4.41. The van der Waals surface area contributed by atoms with Gasteiger partial charge in [0.05, 0.1) is 7.11 Å². The fraction of sp³-hybridized carbons (Fsp3) is 0.625. The Balaban J connectivity index is 2.61. The second-order valence-corrected chi connectivity index (χ2v) is 5.43. The summed E-state index contributed by atoms with van der Waals surface area (Å²) in [4.78, 5) is 0. The van der Waals surface area contributed by atoms with Crippen LogP contribution in [0, 0.1) is 0 Å². The van der Waals surface area contributed by atoms with E-state index in [1.165, 1.54) is 37.7 Å². The van der Waals surface area contributed by atoms with Crippen LogP contribution in [0.25, 0.3) is 0 Å². The Bertz CT molecular complexity index is 328. The molecule has 0 radical (unpaired) electrons. The van der Waals surface area contributed by atoms with Gasteiger partial charge in [-0.2, -0.15) is 0 Å². The average molecular weight is 234 g/mol. The highest BCUT2D eigenvalue weighted by Crippen LogP contribution is 2.31. The standard InChI is InChI=1S/C16H26O/c1-5-6-7-8-12-16(2,3)14-10-9-11-15(13-14)17-4/h9-11,13H,5-8,12H2,1-4H3. The lowest BCUT2D eigenvalue weighted by Gasteiger charge is -2.25. The highest BCUT2D eigenvalue weighted by Gasteiger charge is 2.20. The predicted molar refractivity (Wildman–Crippen MR) is 74.8 cm³/mol. The first-order valence-electron chi connectivity index (χ1n) is 6.74. The monoisotopic (exact) mass is 234 g/mol. The van der Waals surface area contributed by atoms with Crippen LogP contribution < -0.4 is 4.74 Å². The molecule has 1 aromatic rings. The van der Waals surface area contributed by atoms with E-state index in [2.05, 4.69) is 39.0 Å². The fourth-order valence-electron chi connectivity index (χ4n) is 2.18. The zero-order chi connectivity index (χ0) is 12.7. The third-order valence-electron chi connectivity index (χ3n) is 3.51. The summed E-state index contributed by atoms with van der Waals surface area (Å²) >= 11 is 0. The van der Waals surface area contributed by atoms with Crippen LogP contribution >= 0.6 is 0 Å². The summed E-state index contributed by atoms with van der Waals surface area (Å²) in [6.07, 6.45) is 6.58. The topological polar surface area (TPSA) is 9.23 Å². The van der Waals surface area contributed by atoms with Gasteiger partial charge in [0, 0.05) is 0 Å². The van der Waals surface area contributed by atoms with E-state index in [1.54, 1.807) is 7.11 Å². The molecule has 0 spiro atoms. The van der Waals surface area contributed by atoms with Crippen LogP contribution in [0.15, 0.2) is 24.3 Å². The number of unbranched alkanes of at least 4 members (excludes halogenated alkanes) is 3. The maximum Gasteiger partial charge on any atom is 0.119 e. The van der Waals surface area contributed by atoms with Crippen LogP contribution in [-0.2, 0) is 5.41 Å². The molecule has 17 heavy (non-hydrogen) atoms. The van der Waals surface area contributed by atoms with E-state index >= 15 is 0 Å². The Hall–Kier alpha value is -0.980. The molecule has 0 bridgehead atoms. The number of rotatable bonds is 7. The second-order valence-electron chi connectivity index (χ2n) is 5.43.